The maximum Gasteiger partial charge on any atom is 0.122 e. The Morgan fingerprint density at radius 3 is 2.50 bits per heavy atom. The molecule has 104 valence electrons. The topological polar surface area (TPSA) is 49.9 Å². The van der Waals surface area contributed by atoms with Gasteiger partial charge in [0.05, 0.1) is 0 Å². The van der Waals surface area contributed by atoms with E-state index in [1.165, 1.54) is 11.1 Å². The predicted octanol–water partition coefficient (Wildman–Crippen LogP) is 4.37. The van der Waals surface area contributed by atoms with Crippen LogP contribution in [-0.2, 0) is 11.5 Å². The second-order valence-corrected chi connectivity index (χ2v) is 6.03. The van der Waals surface area contributed by atoms with Gasteiger partial charge in [-0.2, -0.15) is 11.8 Å². The highest BCUT2D eigenvalue weighted by atomic mass is 35.5. The van der Waals surface area contributed by atoms with Crippen LogP contribution in [0.1, 0.15) is 22.3 Å². The van der Waals surface area contributed by atoms with Gasteiger partial charge in [0.2, 0.25) is 0 Å². The van der Waals surface area contributed by atoms with Gasteiger partial charge in [-0.05, 0) is 29.7 Å². The van der Waals surface area contributed by atoms with E-state index in [0.29, 0.717) is 10.6 Å². The Kier molecular flexibility index (Phi) is 5.10. The van der Waals surface area contributed by atoms with Crippen molar-refractivity contribution in [2.24, 2.45) is 5.73 Å². The molecule has 0 radical (unpaired) electrons. The fourth-order valence-corrected chi connectivity index (χ4v) is 3.32. The summed E-state index contributed by atoms with van der Waals surface area (Å²) in [5.41, 5.74) is 9.87. The number of benzene rings is 2. The van der Waals surface area contributed by atoms with E-state index in [4.69, 9.17) is 22.7 Å². The van der Waals surface area contributed by atoms with Crippen LogP contribution in [0.15, 0.2) is 42.5 Å². The van der Waals surface area contributed by atoms with Crippen molar-refractivity contribution in [1.29, 1.82) is 5.41 Å². The Balaban J connectivity index is 1.98. The summed E-state index contributed by atoms with van der Waals surface area (Å²) in [6.45, 7) is 2.13. The number of hydrogen-bond donors (Lipinski definition) is 2. The van der Waals surface area contributed by atoms with Crippen LogP contribution in [0.25, 0.3) is 0 Å². The lowest BCUT2D eigenvalue weighted by Crippen LogP contribution is -2.10. The third kappa shape index (κ3) is 3.78. The van der Waals surface area contributed by atoms with Crippen LogP contribution in [0, 0.1) is 12.3 Å². The fourth-order valence-electron chi connectivity index (χ4n) is 1.87. The predicted molar refractivity (Wildman–Crippen MR) is 88.6 cm³/mol. The lowest BCUT2D eigenvalue weighted by molar-refractivity contribution is 1.29. The standard InChI is InChI=1S/C16H17ClN2S/c1-11-4-2-3-5-13(11)9-20-10-14-7-6-12(16(18)19)8-15(14)17/h2-8H,9-10H2,1H3,(H3,18,19). The summed E-state index contributed by atoms with van der Waals surface area (Å²) in [6.07, 6.45) is 0. The van der Waals surface area contributed by atoms with Crippen molar-refractivity contribution in [2.75, 3.05) is 0 Å². The number of nitrogen functional groups attached to an aromatic ring is 1. The van der Waals surface area contributed by atoms with Crippen molar-refractivity contribution < 1.29 is 0 Å². The molecule has 0 aromatic heterocycles. The summed E-state index contributed by atoms with van der Waals surface area (Å²) in [7, 11) is 0. The number of halogens is 1. The molecule has 0 saturated heterocycles. The van der Waals surface area contributed by atoms with Gasteiger partial charge in [0.1, 0.15) is 5.84 Å². The van der Waals surface area contributed by atoms with Crippen LogP contribution >= 0.6 is 23.4 Å². The van der Waals surface area contributed by atoms with Crippen LogP contribution < -0.4 is 5.73 Å². The molecule has 0 fully saturated rings. The van der Waals surface area contributed by atoms with Crippen LogP contribution in [0.2, 0.25) is 5.02 Å². The number of thioether (sulfide) groups is 1. The first-order valence-corrected chi connectivity index (χ1v) is 7.86. The van der Waals surface area contributed by atoms with Crippen molar-refractivity contribution in [3.63, 3.8) is 0 Å². The van der Waals surface area contributed by atoms with Crippen LogP contribution in [0.3, 0.4) is 0 Å². The van der Waals surface area contributed by atoms with Gasteiger partial charge in [-0.15, -0.1) is 0 Å². The third-order valence-electron chi connectivity index (χ3n) is 3.14. The number of amidine groups is 1. The number of hydrogen-bond acceptors (Lipinski definition) is 2. The van der Waals surface area contributed by atoms with Gasteiger partial charge in [-0.25, -0.2) is 0 Å². The monoisotopic (exact) mass is 304 g/mol. The number of nitrogens with two attached hydrogens (primary N) is 1. The SMILES string of the molecule is Cc1ccccc1CSCc1ccc(C(=N)N)cc1Cl. The second-order valence-electron chi connectivity index (χ2n) is 4.64. The maximum absolute atomic E-state index is 7.39. The molecule has 2 nitrogen and oxygen atoms in total. The maximum atomic E-state index is 7.39. The van der Waals surface area contributed by atoms with Gasteiger partial charge < -0.3 is 5.73 Å². The molecular weight excluding hydrogens is 288 g/mol. The van der Waals surface area contributed by atoms with E-state index in [-0.39, 0.29) is 5.84 Å². The summed E-state index contributed by atoms with van der Waals surface area (Å²) in [6, 6.07) is 14.0. The molecule has 2 aromatic rings. The summed E-state index contributed by atoms with van der Waals surface area (Å²) in [5, 5.41) is 8.07. The van der Waals surface area contributed by atoms with Gasteiger partial charge in [-0.1, -0.05) is 48.0 Å². The number of aryl methyl sites for hydroxylation is 1. The van der Waals surface area contributed by atoms with Gasteiger partial charge in [0, 0.05) is 22.1 Å². The van der Waals surface area contributed by atoms with E-state index >= 15 is 0 Å². The lowest BCUT2D eigenvalue weighted by atomic mass is 10.1. The van der Waals surface area contributed by atoms with Gasteiger partial charge in [0.25, 0.3) is 0 Å². The van der Waals surface area contributed by atoms with Crippen LogP contribution in [-0.4, -0.2) is 5.84 Å². The van der Waals surface area contributed by atoms with Crippen LogP contribution in [0.5, 0.6) is 0 Å². The molecule has 2 aromatic carbocycles. The second kappa shape index (κ2) is 6.82. The average molecular weight is 305 g/mol. The minimum absolute atomic E-state index is 0.0472. The van der Waals surface area contributed by atoms with Crippen molar-refractivity contribution >= 4 is 29.2 Å². The molecule has 0 spiro atoms. The van der Waals surface area contributed by atoms with E-state index in [2.05, 4.69) is 31.2 Å². The Labute approximate surface area is 128 Å². The molecule has 0 bridgehead atoms. The zero-order chi connectivity index (χ0) is 14.5. The molecule has 0 unspecified atom stereocenters. The molecule has 0 aliphatic carbocycles. The zero-order valence-electron chi connectivity index (χ0n) is 11.3. The zero-order valence-corrected chi connectivity index (χ0v) is 12.9. The first-order valence-electron chi connectivity index (χ1n) is 6.33. The van der Waals surface area contributed by atoms with Gasteiger partial charge in [0.15, 0.2) is 0 Å². The molecular formula is C16H17ClN2S. The Bertz CT molecular complexity index is 626. The van der Waals surface area contributed by atoms with Crippen molar-refractivity contribution in [3.05, 3.63) is 69.7 Å². The summed E-state index contributed by atoms with van der Waals surface area (Å²) < 4.78 is 0. The normalized spacial score (nSPS) is 10.5. The Morgan fingerprint density at radius 1 is 1.15 bits per heavy atom. The summed E-state index contributed by atoms with van der Waals surface area (Å²) >= 11 is 8.05. The molecule has 0 atom stereocenters. The van der Waals surface area contributed by atoms with E-state index in [1.54, 1.807) is 6.07 Å². The smallest absolute Gasteiger partial charge is 0.122 e. The molecule has 3 N–H and O–H groups in total. The fraction of sp³-hybridized carbons (Fsp3) is 0.188. The lowest BCUT2D eigenvalue weighted by Gasteiger charge is -2.08. The largest absolute Gasteiger partial charge is 0.384 e. The number of rotatable bonds is 5. The quantitative estimate of drug-likeness (QED) is 0.636. The molecule has 4 heteroatoms. The van der Waals surface area contributed by atoms with Crippen molar-refractivity contribution in [1.82, 2.24) is 0 Å². The van der Waals surface area contributed by atoms with Crippen LogP contribution in [0.4, 0.5) is 0 Å². The van der Waals surface area contributed by atoms with E-state index in [1.807, 2.05) is 23.9 Å². The number of nitrogens with one attached hydrogen (secondary N) is 1. The Morgan fingerprint density at radius 2 is 1.85 bits per heavy atom. The molecule has 0 heterocycles. The minimum Gasteiger partial charge on any atom is -0.384 e. The van der Waals surface area contributed by atoms with E-state index in [0.717, 1.165) is 17.1 Å². The van der Waals surface area contributed by atoms with Crippen molar-refractivity contribution in [2.45, 2.75) is 18.4 Å². The van der Waals surface area contributed by atoms with E-state index in [9.17, 15) is 0 Å². The Hall–Kier alpha value is -1.45. The van der Waals surface area contributed by atoms with E-state index < -0.39 is 0 Å². The van der Waals surface area contributed by atoms with Gasteiger partial charge in [-0.3, -0.25) is 5.41 Å². The molecule has 0 aliphatic rings. The first-order chi connectivity index (χ1) is 9.58. The highest BCUT2D eigenvalue weighted by molar-refractivity contribution is 7.97. The third-order valence-corrected chi connectivity index (χ3v) is 4.52. The molecule has 0 aliphatic heterocycles. The molecule has 20 heavy (non-hydrogen) atoms. The average Bonchev–Trinajstić information content (AvgIpc) is 2.42. The molecule has 2 rings (SSSR count). The summed E-state index contributed by atoms with van der Waals surface area (Å²) in [4.78, 5) is 0. The minimum atomic E-state index is 0.0472. The molecule has 0 saturated carbocycles. The van der Waals surface area contributed by atoms with Gasteiger partial charge >= 0.3 is 0 Å². The molecule has 0 amide bonds. The first kappa shape index (κ1) is 14.9. The summed E-state index contributed by atoms with van der Waals surface area (Å²) in [5.74, 6) is 1.87. The highest BCUT2D eigenvalue weighted by Crippen LogP contribution is 2.25. The highest BCUT2D eigenvalue weighted by Gasteiger charge is 2.05. The van der Waals surface area contributed by atoms with Crippen molar-refractivity contribution in [3.8, 4) is 0 Å².